The van der Waals surface area contributed by atoms with Gasteiger partial charge in [-0.1, -0.05) is 19.1 Å². The van der Waals surface area contributed by atoms with E-state index in [1.807, 2.05) is 6.92 Å². The van der Waals surface area contributed by atoms with Crippen molar-refractivity contribution < 1.29 is 8.42 Å². The highest BCUT2D eigenvalue weighted by atomic mass is 35.5. The number of halogens is 1. The van der Waals surface area contributed by atoms with Crippen LogP contribution in [-0.4, -0.2) is 25.3 Å². The molecule has 0 radical (unpaired) electrons. The van der Waals surface area contributed by atoms with Crippen molar-refractivity contribution >= 4 is 21.6 Å². The molecule has 0 atom stereocenters. The minimum absolute atomic E-state index is 0.211. The Morgan fingerprint density at radius 1 is 1.28 bits per heavy atom. The van der Waals surface area contributed by atoms with E-state index in [-0.39, 0.29) is 6.04 Å². The molecule has 1 fully saturated rings. The third-order valence-corrected chi connectivity index (χ3v) is 5.36. The van der Waals surface area contributed by atoms with Crippen LogP contribution >= 0.6 is 11.6 Å². The molecule has 1 saturated carbocycles. The zero-order valence-electron chi connectivity index (χ0n) is 10.5. The molecule has 0 heterocycles. The van der Waals surface area contributed by atoms with Gasteiger partial charge in [-0.15, -0.1) is 11.6 Å². The van der Waals surface area contributed by atoms with Crippen LogP contribution < -0.4 is 0 Å². The lowest BCUT2D eigenvalue weighted by Gasteiger charge is -2.21. The van der Waals surface area contributed by atoms with Crippen molar-refractivity contribution in [3.63, 3.8) is 0 Å². The highest BCUT2D eigenvalue weighted by molar-refractivity contribution is 7.89. The lowest BCUT2D eigenvalue weighted by atomic mass is 10.2. The number of benzene rings is 1. The van der Waals surface area contributed by atoms with Gasteiger partial charge in [0.25, 0.3) is 0 Å². The van der Waals surface area contributed by atoms with Crippen molar-refractivity contribution in [3.05, 3.63) is 29.8 Å². The average molecular weight is 288 g/mol. The van der Waals surface area contributed by atoms with Gasteiger partial charge in [0.2, 0.25) is 10.0 Å². The first-order valence-corrected chi connectivity index (χ1v) is 8.23. The number of alkyl halides is 1. The highest BCUT2D eigenvalue weighted by Gasteiger charge is 2.37. The lowest BCUT2D eigenvalue weighted by molar-refractivity contribution is 0.403. The smallest absolute Gasteiger partial charge is 0.207 e. The second-order valence-corrected chi connectivity index (χ2v) is 6.78. The topological polar surface area (TPSA) is 37.4 Å². The summed E-state index contributed by atoms with van der Waals surface area (Å²) < 4.78 is 26.6. The molecule has 100 valence electrons. The average Bonchev–Trinajstić information content (AvgIpc) is 3.20. The van der Waals surface area contributed by atoms with Crippen LogP contribution in [0.1, 0.15) is 31.7 Å². The zero-order valence-corrected chi connectivity index (χ0v) is 12.0. The van der Waals surface area contributed by atoms with Crippen LogP contribution in [-0.2, 0) is 15.9 Å². The molecule has 2 rings (SSSR count). The summed E-state index contributed by atoms with van der Waals surface area (Å²) in [5.74, 6) is 0.404. The second kappa shape index (κ2) is 5.59. The van der Waals surface area contributed by atoms with Gasteiger partial charge < -0.3 is 0 Å². The third-order valence-electron chi connectivity index (χ3n) is 3.08. The Balaban J connectivity index is 2.27. The Labute approximate surface area is 114 Å². The van der Waals surface area contributed by atoms with Crippen LogP contribution in [0, 0.1) is 0 Å². The summed E-state index contributed by atoms with van der Waals surface area (Å²) in [6, 6.07) is 7.06. The van der Waals surface area contributed by atoms with Gasteiger partial charge in [0, 0.05) is 18.5 Å². The first-order chi connectivity index (χ1) is 8.59. The summed E-state index contributed by atoms with van der Waals surface area (Å²) in [5, 5.41) is 0. The highest BCUT2D eigenvalue weighted by Crippen LogP contribution is 2.32. The van der Waals surface area contributed by atoms with Crippen LogP contribution in [0.25, 0.3) is 0 Å². The van der Waals surface area contributed by atoms with E-state index < -0.39 is 10.0 Å². The van der Waals surface area contributed by atoms with Crippen molar-refractivity contribution in [1.82, 2.24) is 4.31 Å². The molecule has 5 heteroatoms. The van der Waals surface area contributed by atoms with E-state index in [1.165, 1.54) is 0 Å². The quantitative estimate of drug-likeness (QED) is 0.754. The summed E-state index contributed by atoms with van der Waals surface area (Å²) in [5.41, 5.74) is 0.934. The van der Waals surface area contributed by atoms with E-state index in [9.17, 15) is 8.42 Å². The number of sulfonamides is 1. The molecular weight excluding hydrogens is 270 g/mol. The van der Waals surface area contributed by atoms with Gasteiger partial charge in [-0.2, -0.15) is 4.31 Å². The van der Waals surface area contributed by atoms with E-state index in [2.05, 4.69) is 0 Å². The van der Waals surface area contributed by atoms with Gasteiger partial charge in [0.05, 0.1) is 4.90 Å². The molecule has 0 N–H and O–H groups in total. The summed E-state index contributed by atoms with van der Waals surface area (Å²) in [7, 11) is -3.33. The molecule has 0 spiro atoms. The Bertz CT molecular complexity index is 494. The predicted octanol–water partition coefficient (Wildman–Crippen LogP) is 2.99. The van der Waals surface area contributed by atoms with Crippen LogP contribution in [0.4, 0.5) is 0 Å². The molecule has 18 heavy (non-hydrogen) atoms. The van der Waals surface area contributed by atoms with Gasteiger partial charge in [-0.05, 0) is 37.0 Å². The van der Waals surface area contributed by atoms with E-state index >= 15 is 0 Å². The van der Waals surface area contributed by atoms with Gasteiger partial charge in [0.1, 0.15) is 0 Å². The Morgan fingerprint density at radius 3 is 2.33 bits per heavy atom. The summed E-state index contributed by atoms with van der Waals surface area (Å²) >= 11 is 5.71. The molecule has 3 nitrogen and oxygen atoms in total. The molecule has 1 aliphatic rings. The maximum Gasteiger partial charge on any atom is 0.243 e. The standard InChI is InChI=1S/C13H18ClNO2S/c1-2-9-15(12-5-6-12)18(16,17)13-7-3-11(10-14)4-8-13/h3-4,7-8,12H,2,5-6,9-10H2,1H3. The van der Waals surface area contributed by atoms with Crippen molar-refractivity contribution in [3.8, 4) is 0 Å². The van der Waals surface area contributed by atoms with Crippen molar-refractivity contribution in [2.24, 2.45) is 0 Å². The summed E-state index contributed by atoms with van der Waals surface area (Å²) in [6.07, 6.45) is 2.81. The van der Waals surface area contributed by atoms with Gasteiger partial charge >= 0.3 is 0 Å². The normalized spacial score (nSPS) is 16.2. The third kappa shape index (κ3) is 2.87. The Kier molecular flexibility index (Phi) is 4.30. The molecule has 1 aromatic carbocycles. The molecule has 0 aromatic heterocycles. The van der Waals surface area contributed by atoms with Crippen LogP contribution in [0.2, 0.25) is 0 Å². The molecule has 0 aliphatic heterocycles. The van der Waals surface area contributed by atoms with E-state index in [0.29, 0.717) is 17.3 Å². The van der Waals surface area contributed by atoms with E-state index in [0.717, 1.165) is 24.8 Å². The molecule has 0 unspecified atom stereocenters. The van der Waals surface area contributed by atoms with Crippen molar-refractivity contribution in [2.75, 3.05) is 6.54 Å². The van der Waals surface area contributed by atoms with Gasteiger partial charge in [0.15, 0.2) is 0 Å². The molecule has 1 aliphatic carbocycles. The number of rotatable bonds is 6. The minimum atomic E-state index is -3.33. The number of hydrogen-bond donors (Lipinski definition) is 0. The second-order valence-electron chi connectivity index (χ2n) is 4.62. The van der Waals surface area contributed by atoms with Crippen molar-refractivity contribution in [2.45, 2.75) is 43.0 Å². The van der Waals surface area contributed by atoms with Crippen LogP contribution in [0.5, 0.6) is 0 Å². The maximum atomic E-state index is 12.5. The molecule has 0 saturated heterocycles. The first kappa shape index (κ1) is 13.8. The molecule has 0 bridgehead atoms. The van der Waals surface area contributed by atoms with Gasteiger partial charge in [-0.25, -0.2) is 8.42 Å². The molecular formula is C13H18ClNO2S. The summed E-state index contributed by atoms with van der Waals surface area (Å²) in [4.78, 5) is 0.372. The fourth-order valence-corrected chi connectivity index (χ4v) is 3.92. The molecule has 1 aromatic rings. The van der Waals surface area contributed by atoms with Crippen LogP contribution in [0.15, 0.2) is 29.2 Å². The number of nitrogens with zero attached hydrogens (tertiary/aromatic N) is 1. The Hall–Kier alpha value is -0.580. The largest absolute Gasteiger partial charge is 0.243 e. The first-order valence-electron chi connectivity index (χ1n) is 6.26. The predicted molar refractivity (Wildman–Crippen MR) is 73.2 cm³/mol. The lowest BCUT2D eigenvalue weighted by Crippen LogP contribution is -2.33. The van der Waals surface area contributed by atoms with E-state index in [4.69, 9.17) is 11.6 Å². The molecule has 0 amide bonds. The van der Waals surface area contributed by atoms with Gasteiger partial charge in [-0.3, -0.25) is 0 Å². The number of hydrogen-bond acceptors (Lipinski definition) is 2. The maximum absolute atomic E-state index is 12.5. The summed E-state index contributed by atoms with van der Waals surface area (Å²) in [6.45, 7) is 2.60. The van der Waals surface area contributed by atoms with Crippen molar-refractivity contribution in [1.29, 1.82) is 0 Å². The monoisotopic (exact) mass is 287 g/mol. The fourth-order valence-electron chi connectivity index (χ4n) is 1.97. The Morgan fingerprint density at radius 2 is 1.89 bits per heavy atom. The van der Waals surface area contributed by atoms with E-state index in [1.54, 1.807) is 28.6 Å². The SMILES string of the molecule is CCCN(C1CC1)S(=O)(=O)c1ccc(CCl)cc1. The fraction of sp³-hybridized carbons (Fsp3) is 0.538. The van der Waals surface area contributed by atoms with Crippen LogP contribution in [0.3, 0.4) is 0 Å². The minimum Gasteiger partial charge on any atom is -0.207 e. The zero-order chi connectivity index (χ0) is 13.2.